The molecular weight excluding hydrogens is 162 g/mol. The van der Waals surface area contributed by atoms with Crippen LogP contribution >= 0.6 is 0 Å². The summed E-state index contributed by atoms with van der Waals surface area (Å²) in [5.41, 5.74) is 5.58. The van der Waals surface area contributed by atoms with Crippen molar-refractivity contribution in [1.29, 1.82) is 0 Å². The lowest BCUT2D eigenvalue weighted by molar-refractivity contribution is 0.0200. The first kappa shape index (κ1) is 12.9. The van der Waals surface area contributed by atoms with Crippen LogP contribution in [0.15, 0.2) is 0 Å². The lowest BCUT2D eigenvalue weighted by Gasteiger charge is -2.40. The molecule has 0 aliphatic carbocycles. The van der Waals surface area contributed by atoms with Gasteiger partial charge >= 0.3 is 0 Å². The Hall–Kier alpha value is -0.0800. The highest BCUT2D eigenvalue weighted by molar-refractivity contribution is 4.84. The Kier molecular flexibility index (Phi) is 5.57. The van der Waals surface area contributed by atoms with Crippen molar-refractivity contribution in [2.24, 2.45) is 23.0 Å². The minimum absolute atomic E-state index is 0.0688. The molecule has 13 heavy (non-hydrogen) atoms. The van der Waals surface area contributed by atoms with Gasteiger partial charge in [-0.2, -0.15) is 0 Å². The zero-order chi connectivity index (χ0) is 10.5. The van der Waals surface area contributed by atoms with E-state index in [1.165, 1.54) is 0 Å². The van der Waals surface area contributed by atoms with Gasteiger partial charge in [0.1, 0.15) is 0 Å². The summed E-state index contributed by atoms with van der Waals surface area (Å²) in [6.45, 7) is 9.75. The molecule has 0 radical (unpaired) electrons. The monoisotopic (exact) mass is 187 g/mol. The predicted octanol–water partition coefficient (Wildman–Crippen LogP) is 2.02. The number of nitrogens with two attached hydrogens (primary N) is 1. The van der Waals surface area contributed by atoms with Crippen molar-refractivity contribution in [2.75, 3.05) is 13.2 Å². The molecule has 0 saturated carbocycles. The van der Waals surface area contributed by atoms with Gasteiger partial charge in [0.2, 0.25) is 0 Å². The van der Waals surface area contributed by atoms with Gasteiger partial charge in [-0.1, -0.05) is 27.7 Å². The maximum Gasteiger partial charge on any atom is 0.0492 e. The second-order valence-electron chi connectivity index (χ2n) is 4.59. The number of hydrogen-bond donors (Lipinski definition) is 2. The average Bonchev–Trinajstić information content (AvgIpc) is 2.05. The highest BCUT2D eigenvalue weighted by Crippen LogP contribution is 2.39. The normalized spacial score (nSPS) is 12.9. The summed E-state index contributed by atoms with van der Waals surface area (Å²) in [7, 11) is 0. The van der Waals surface area contributed by atoms with Crippen LogP contribution in [0.2, 0.25) is 0 Å². The van der Waals surface area contributed by atoms with Crippen molar-refractivity contribution in [3.05, 3.63) is 0 Å². The Morgan fingerprint density at radius 1 is 1.15 bits per heavy atom. The van der Waals surface area contributed by atoms with E-state index >= 15 is 0 Å². The zero-order valence-electron chi connectivity index (χ0n) is 9.51. The average molecular weight is 187 g/mol. The summed E-state index contributed by atoms with van der Waals surface area (Å²) in [6.07, 6.45) is 2.05. The van der Waals surface area contributed by atoms with E-state index in [1.807, 2.05) is 0 Å². The molecule has 0 heterocycles. The molecule has 0 amide bonds. The topological polar surface area (TPSA) is 46.2 Å². The Labute approximate surface area is 82.5 Å². The SMILES string of the molecule is CC(C)C(CO)(CCCN)C(C)C. The molecule has 0 aliphatic heterocycles. The molecule has 80 valence electrons. The van der Waals surface area contributed by atoms with Gasteiger partial charge in [0.25, 0.3) is 0 Å². The second-order valence-corrected chi connectivity index (χ2v) is 4.59. The maximum atomic E-state index is 9.50. The molecule has 0 atom stereocenters. The van der Waals surface area contributed by atoms with Crippen LogP contribution in [0.25, 0.3) is 0 Å². The third-order valence-corrected chi connectivity index (χ3v) is 3.44. The molecule has 0 fully saturated rings. The van der Waals surface area contributed by atoms with Gasteiger partial charge in [0.15, 0.2) is 0 Å². The third kappa shape index (κ3) is 2.96. The van der Waals surface area contributed by atoms with Gasteiger partial charge in [-0.3, -0.25) is 0 Å². The summed E-state index contributed by atoms with van der Waals surface area (Å²) in [5, 5.41) is 9.50. The van der Waals surface area contributed by atoms with Crippen molar-refractivity contribution >= 4 is 0 Å². The minimum atomic E-state index is 0.0688. The fourth-order valence-electron chi connectivity index (χ4n) is 2.12. The van der Waals surface area contributed by atoms with Crippen molar-refractivity contribution in [3.8, 4) is 0 Å². The molecule has 0 aliphatic rings. The van der Waals surface area contributed by atoms with E-state index < -0.39 is 0 Å². The van der Waals surface area contributed by atoms with E-state index in [-0.39, 0.29) is 12.0 Å². The quantitative estimate of drug-likeness (QED) is 0.668. The molecule has 0 aromatic rings. The summed E-state index contributed by atoms with van der Waals surface area (Å²) in [6, 6.07) is 0. The third-order valence-electron chi connectivity index (χ3n) is 3.44. The number of aliphatic hydroxyl groups excluding tert-OH is 1. The van der Waals surface area contributed by atoms with Gasteiger partial charge in [0.05, 0.1) is 0 Å². The first-order chi connectivity index (χ1) is 6.01. The molecule has 0 rings (SSSR count). The van der Waals surface area contributed by atoms with Crippen LogP contribution in [0.1, 0.15) is 40.5 Å². The Morgan fingerprint density at radius 3 is 1.85 bits per heavy atom. The molecule has 0 saturated heterocycles. The lowest BCUT2D eigenvalue weighted by Crippen LogP contribution is -2.37. The predicted molar refractivity (Wildman–Crippen MR) is 57.5 cm³/mol. The smallest absolute Gasteiger partial charge is 0.0492 e. The van der Waals surface area contributed by atoms with E-state index in [2.05, 4.69) is 27.7 Å². The minimum Gasteiger partial charge on any atom is -0.396 e. The van der Waals surface area contributed by atoms with Gasteiger partial charge < -0.3 is 10.8 Å². The summed E-state index contributed by atoms with van der Waals surface area (Å²) in [4.78, 5) is 0. The van der Waals surface area contributed by atoms with Crippen molar-refractivity contribution in [3.63, 3.8) is 0 Å². The number of rotatable bonds is 6. The first-order valence-electron chi connectivity index (χ1n) is 5.32. The lowest BCUT2D eigenvalue weighted by atomic mass is 9.67. The fraction of sp³-hybridized carbons (Fsp3) is 1.00. The number of aliphatic hydroxyl groups is 1. The summed E-state index contributed by atoms with van der Waals surface area (Å²) >= 11 is 0. The van der Waals surface area contributed by atoms with Crippen molar-refractivity contribution in [2.45, 2.75) is 40.5 Å². The van der Waals surface area contributed by atoms with E-state index in [0.717, 1.165) is 19.4 Å². The van der Waals surface area contributed by atoms with E-state index in [9.17, 15) is 5.11 Å². The van der Waals surface area contributed by atoms with Crippen molar-refractivity contribution in [1.82, 2.24) is 0 Å². The van der Waals surface area contributed by atoms with E-state index in [1.54, 1.807) is 0 Å². The van der Waals surface area contributed by atoms with Gasteiger partial charge in [-0.05, 0) is 36.6 Å². The molecule has 0 spiro atoms. The van der Waals surface area contributed by atoms with E-state index in [0.29, 0.717) is 11.8 Å². The largest absolute Gasteiger partial charge is 0.396 e. The van der Waals surface area contributed by atoms with Crippen LogP contribution < -0.4 is 5.73 Å². The standard InChI is InChI=1S/C11H25NO/c1-9(2)11(8-13,10(3)4)6-5-7-12/h9-10,13H,5-8,12H2,1-4H3. The molecule has 0 bridgehead atoms. The van der Waals surface area contributed by atoms with Crippen molar-refractivity contribution < 1.29 is 5.11 Å². The van der Waals surface area contributed by atoms with Gasteiger partial charge in [-0.25, -0.2) is 0 Å². The Balaban J connectivity index is 4.45. The Bertz CT molecular complexity index is 124. The molecule has 0 aromatic carbocycles. The van der Waals surface area contributed by atoms with Crippen LogP contribution in [0, 0.1) is 17.3 Å². The molecule has 2 heteroatoms. The highest BCUT2D eigenvalue weighted by atomic mass is 16.3. The number of hydrogen-bond acceptors (Lipinski definition) is 2. The molecular formula is C11H25NO. The van der Waals surface area contributed by atoms with Crippen LogP contribution in [-0.2, 0) is 0 Å². The summed E-state index contributed by atoms with van der Waals surface area (Å²) in [5.74, 6) is 1.04. The fourth-order valence-corrected chi connectivity index (χ4v) is 2.12. The van der Waals surface area contributed by atoms with Gasteiger partial charge in [-0.15, -0.1) is 0 Å². The highest BCUT2D eigenvalue weighted by Gasteiger charge is 2.35. The Morgan fingerprint density at radius 2 is 1.62 bits per heavy atom. The molecule has 0 unspecified atom stereocenters. The molecule has 3 N–H and O–H groups in total. The molecule has 2 nitrogen and oxygen atoms in total. The summed E-state index contributed by atoms with van der Waals surface area (Å²) < 4.78 is 0. The van der Waals surface area contributed by atoms with Crippen LogP contribution in [0.5, 0.6) is 0 Å². The molecule has 0 aromatic heterocycles. The maximum absolute atomic E-state index is 9.50. The van der Waals surface area contributed by atoms with E-state index in [4.69, 9.17) is 5.73 Å². The zero-order valence-corrected chi connectivity index (χ0v) is 9.51. The van der Waals surface area contributed by atoms with Gasteiger partial charge in [0, 0.05) is 6.61 Å². The second kappa shape index (κ2) is 5.61. The van der Waals surface area contributed by atoms with Crippen LogP contribution in [-0.4, -0.2) is 18.3 Å². The van der Waals surface area contributed by atoms with Crippen LogP contribution in [0.4, 0.5) is 0 Å². The first-order valence-corrected chi connectivity index (χ1v) is 5.32. The van der Waals surface area contributed by atoms with Crippen LogP contribution in [0.3, 0.4) is 0 Å².